The molecule has 0 bridgehead atoms. The van der Waals surface area contributed by atoms with Crippen LogP contribution in [0.1, 0.15) is 21.5 Å². The zero-order valence-corrected chi connectivity index (χ0v) is 21.2. The Morgan fingerprint density at radius 1 is 0.919 bits per heavy atom. The highest BCUT2D eigenvalue weighted by atomic mass is 32.2. The van der Waals surface area contributed by atoms with Crippen molar-refractivity contribution >= 4 is 44.3 Å². The fourth-order valence-corrected chi connectivity index (χ4v) is 5.43. The van der Waals surface area contributed by atoms with Gasteiger partial charge in [-0.05, 0) is 67.4 Å². The molecule has 2 N–H and O–H groups in total. The van der Waals surface area contributed by atoms with Gasteiger partial charge < -0.3 is 14.9 Å². The Morgan fingerprint density at radius 2 is 1.62 bits per heavy atom. The van der Waals surface area contributed by atoms with Crippen LogP contribution in [0.15, 0.2) is 65.8 Å². The van der Waals surface area contributed by atoms with Gasteiger partial charge in [-0.25, -0.2) is 28.2 Å². The fourth-order valence-electron chi connectivity index (χ4n) is 4.30. The Labute approximate surface area is 214 Å². The number of carbonyl (C=O) groups is 1. The second-order valence-corrected chi connectivity index (χ2v) is 10.6. The van der Waals surface area contributed by atoms with Crippen molar-refractivity contribution in [3.63, 3.8) is 0 Å². The van der Waals surface area contributed by atoms with Gasteiger partial charge >= 0.3 is 5.97 Å². The van der Waals surface area contributed by atoms with Crippen molar-refractivity contribution in [2.45, 2.75) is 18.7 Å². The SMILES string of the molecule is Cc1ccc(S(=O)(=O)Nc2ccc3nc(N4CCN(c5ncccn5)CC4)cc(C(=O)O)c3c2)cc1C. The topological polar surface area (TPSA) is 129 Å². The molecule has 2 aromatic carbocycles. The van der Waals surface area contributed by atoms with Gasteiger partial charge in [0.05, 0.1) is 16.0 Å². The van der Waals surface area contributed by atoms with Crippen molar-refractivity contribution in [2.75, 3.05) is 40.7 Å². The molecule has 0 saturated carbocycles. The number of aromatic carboxylic acids is 1. The van der Waals surface area contributed by atoms with Crippen LogP contribution in [0.5, 0.6) is 0 Å². The number of aryl methyl sites for hydroxylation is 2. The van der Waals surface area contributed by atoms with Gasteiger partial charge in [0.1, 0.15) is 5.82 Å². The van der Waals surface area contributed by atoms with Crippen molar-refractivity contribution in [1.82, 2.24) is 15.0 Å². The van der Waals surface area contributed by atoms with E-state index in [0.29, 0.717) is 48.8 Å². The molecule has 37 heavy (non-hydrogen) atoms. The van der Waals surface area contributed by atoms with E-state index in [4.69, 9.17) is 4.98 Å². The van der Waals surface area contributed by atoms with Gasteiger partial charge in [-0.1, -0.05) is 6.07 Å². The lowest BCUT2D eigenvalue weighted by Gasteiger charge is -2.35. The van der Waals surface area contributed by atoms with E-state index in [9.17, 15) is 18.3 Å². The normalized spacial score (nSPS) is 14.1. The molecule has 0 spiro atoms. The number of hydrogen-bond donors (Lipinski definition) is 2. The van der Waals surface area contributed by atoms with Crippen molar-refractivity contribution in [2.24, 2.45) is 0 Å². The average Bonchev–Trinajstić information content (AvgIpc) is 2.90. The summed E-state index contributed by atoms with van der Waals surface area (Å²) in [7, 11) is -3.85. The van der Waals surface area contributed by atoms with E-state index in [1.165, 1.54) is 6.07 Å². The molecule has 1 fully saturated rings. The van der Waals surface area contributed by atoms with Gasteiger partial charge in [0.15, 0.2) is 0 Å². The van der Waals surface area contributed by atoms with Crippen molar-refractivity contribution in [3.05, 3.63) is 77.6 Å². The lowest BCUT2D eigenvalue weighted by molar-refractivity contribution is 0.0699. The standard InChI is InChI=1S/C26H26N6O4S/c1-17-4-6-20(14-18(17)2)37(35,36)30-19-5-7-23-21(15-19)22(25(33)34)16-24(29-23)31-10-12-32(13-11-31)26-27-8-3-9-28-26/h3-9,14-16,30H,10-13H2,1-2H3,(H,33,34). The van der Waals surface area contributed by atoms with Crippen LogP contribution in [-0.4, -0.2) is 60.6 Å². The molecule has 0 aliphatic carbocycles. The van der Waals surface area contributed by atoms with Crippen molar-refractivity contribution < 1.29 is 18.3 Å². The van der Waals surface area contributed by atoms with E-state index in [-0.39, 0.29) is 16.1 Å². The maximum atomic E-state index is 12.9. The molecule has 10 nitrogen and oxygen atoms in total. The molecule has 4 aromatic rings. The van der Waals surface area contributed by atoms with Gasteiger partial charge in [-0.2, -0.15) is 0 Å². The van der Waals surface area contributed by atoms with Crippen molar-refractivity contribution in [1.29, 1.82) is 0 Å². The van der Waals surface area contributed by atoms with Gasteiger partial charge in [0, 0.05) is 49.6 Å². The first-order valence-electron chi connectivity index (χ1n) is 11.8. The van der Waals surface area contributed by atoms with E-state index in [1.807, 2.05) is 18.7 Å². The van der Waals surface area contributed by atoms with Gasteiger partial charge in [0.2, 0.25) is 5.95 Å². The van der Waals surface area contributed by atoms with Crippen LogP contribution >= 0.6 is 0 Å². The smallest absolute Gasteiger partial charge is 0.336 e. The molecule has 0 unspecified atom stereocenters. The monoisotopic (exact) mass is 518 g/mol. The zero-order chi connectivity index (χ0) is 26.2. The number of hydrogen-bond acceptors (Lipinski definition) is 8. The van der Waals surface area contributed by atoms with Crippen LogP contribution in [-0.2, 0) is 10.0 Å². The van der Waals surface area contributed by atoms with E-state index >= 15 is 0 Å². The molecular weight excluding hydrogens is 492 g/mol. The molecule has 0 amide bonds. The third kappa shape index (κ3) is 5.03. The number of sulfonamides is 1. The Kier molecular flexibility index (Phi) is 6.38. The van der Waals surface area contributed by atoms with Crippen LogP contribution in [0.2, 0.25) is 0 Å². The van der Waals surface area contributed by atoms with Gasteiger partial charge in [0.25, 0.3) is 10.0 Å². The zero-order valence-electron chi connectivity index (χ0n) is 20.4. The van der Waals surface area contributed by atoms with E-state index < -0.39 is 16.0 Å². The maximum absolute atomic E-state index is 12.9. The van der Waals surface area contributed by atoms with E-state index in [0.717, 1.165) is 11.1 Å². The Bertz CT molecular complexity index is 1590. The molecule has 1 saturated heterocycles. The molecule has 3 heterocycles. The molecule has 2 aromatic heterocycles. The number of nitrogens with zero attached hydrogens (tertiary/aromatic N) is 5. The summed E-state index contributed by atoms with van der Waals surface area (Å²) in [6.07, 6.45) is 3.41. The predicted molar refractivity (Wildman–Crippen MR) is 142 cm³/mol. The average molecular weight is 519 g/mol. The minimum atomic E-state index is -3.85. The largest absolute Gasteiger partial charge is 0.478 e. The maximum Gasteiger partial charge on any atom is 0.336 e. The number of nitrogens with one attached hydrogen (secondary N) is 1. The number of piperazine rings is 1. The molecule has 5 rings (SSSR count). The summed E-state index contributed by atoms with van der Waals surface area (Å²) in [6.45, 7) is 6.36. The molecule has 1 aliphatic heterocycles. The minimum absolute atomic E-state index is 0.0565. The number of fused-ring (bicyclic) bond motifs is 1. The van der Waals surface area contributed by atoms with E-state index in [2.05, 4.69) is 19.6 Å². The van der Waals surface area contributed by atoms with Crippen LogP contribution < -0.4 is 14.5 Å². The number of anilines is 3. The summed E-state index contributed by atoms with van der Waals surface area (Å²) in [5.74, 6) is 0.108. The summed E-state index contributed by atoms with van der Waals surface area (Å²) in [5.41, 5.74) is 2.65. The Balaban J connectivity index is 1.41. The number of rotatable bonds is 6. The molecule has 0 atom stereocenters. The predicted octanol–water partition coefficient (Wildman–Crippen LogP) is 3.47. The number of carboxylic acids is 1. The van der Waals surface area contributed by atoms with Crippen molar-refractivity contribution in [3.8, 4) is 0 Å². The summed E-state index contributed by atoms with van der Waals surface area (Å²) in [6, 6.07) is 13.0. The highest BCUT2D eigenvalue weighted by molar-refractivity contribution is 7.92. The highest BCUT2D eigenvalue weighted by Crippen LogP contribution is 2.28. The van der Waals surface area contributed by atoms with Gasteiger partial charge in [-0.3, -0.25) is 4.72 Å². The minimum Gasteiger partial charge on any atom is -0.478 e. The molecule has 1 aliphatic rings. The number of pyridine rings is 1. The summed E-state index contributed by atoms with van der Waals surface area (Å²) in [4.78, 5) is 29.7. The van der Waals surface area contributed by atoms with Gasteiger partial charge in [-0.15, -0.1) is 0 Å². The Hall–Kier alpha value is -4.25. The lowest BCUT2D eigenvalue weighted by atomic mass is 10.1. The second-order valence-electron chi connectivity index (χ2n) is 8.94. The van der Waals surface area contributed by atoms with Crippen LogP contribution in [0, 0.1) is 13.8 Å². The number of aromatic nitrogens is 3. The Morgan fingerprint density at radius 3 is 2.30 bits per heavy atom. The summed E-state index contributed by atoms with van der Waals surface area (Å²) >= 11 is 0. The third-order valence-electron chi connectivity index (χ3n) is 6.51. The first-order valence-corrected chi connectivity index (χ1v) is 13.2. The quantitative estimate of drug-likeness (QED) is 0.394. The fraction of sp³-hybridized carbons (Fsp3) is 0.231. The molecular formula is C26H26N6O4S. The lowest BCUT2D eigenvalue weighted by Crippen LogP contribution is -2.47. The number of benzene rings is 2. The van der Waals surface area contributed by atoms with Crippen LogP contribution in [0.25, 0.3) is 10.9 Å². The van der Waals surface area contributed by atoms with Crippen LogP contribution in [0.3, 0.4) is 0 Å². The second kappa shape index (κ2) is 9.66. The first-order chi connectivity index (χ1) is 17.7. The summed E-state index contributed by atoms with van der Waals surface area (Å²) in [5, 5.41) is 10.3. The molecule has 0 radical (unpaired) electrons. The third-order valence-corrected chi connectivity index (χ3v) is 7.88. The first kappa shape index (κ1) is 24.4. The van der Waals surface area contributed by atoms with Crippen LogP contribution in [0.4, 0.5) is 17.5 Å². The number of carboxylic acid groups (broad SMARTS) is 1. The van der Waals surface area contributed by atoms with E-state index in [1.54, 1.807) is 54.9 Å². The highest BCUT2D eigenvalue weighted by Gasteiger charge is 2.23. The molecule has 190 valence electrons. The summed E-state index contributed by atoms with van der Waals surface area (Å²) < 4.78 is 28.5. The molecule has 11 heteroatoms.